The second-order valence-corrected chi connectivity index (χ2v) is 4.37. The molecule has 0 aliphatic carbocycles. The van der Waals surface area contributed by atoms with Crippen LogP contribution in [0.25, 0.3) is 10.9 Å². The Morgan fingerprint density at radius 1 is 1.26 bits per heavy atom. The minimum atomic E-state index is 0.680. The van der Waals surface area contributed by atoms with Crippen LogP contribution in [0.15, 0.2) is 30.5 Å². The highest BCUT2D eigenvalue weighted by Crippen LogP contribution is 2.23. The molecule has 0 aliphatic rings. The zero-order valence-corrected chi connectivity index (χ0v) is 11.2. The minimum Gasteiger partial charge on any atom is -0.383 e. The van der Waals surface area contributed by atoms with Crippen LogP contribution in [0.1, 0.15) is 6.42 Å². The van der Waals surface area contributed by atoms with E-state index >= 15 is 0 Å². The van der Waals surface area contributed by atoms with Gasteiger partial charge in [-0.15, -0.1) is 0 Å². The molecule has 0 saturated carbocycles. The fraction of sp³-hybridized carbons (Fsp3) is 0.429. The lowest BCUT2D eigenvalue weighted by molar-refractivity contribution is 0.205. The van der Waals surface area contributed by atoms with Gasteiger partial charge in [0.05, 0.1) is 24.0 Å². The van der Waals surface area contributed by atoms with E-state index in [1.54, 1.807) is 7.11 Å². The molecule has 1 heterocycles. The largest absolute Gasteiger partial charge is 0.383 e. The highest BCUT2D eigenvalue weighted by atomic mass is 16.5. The number of ether oxygens (including phenoxy) is 1. The maximum atomic E-state index is 5.61. The van der Waals surface area contributed by atoms with Crippen molar-refractivity contribution in [2.75, 3.05) is 38.3 Å². The molecule has 5 nitrogen and oxygen atoms in total. The molecule has 1 aromatic carbocycles. The number of methoxy groups -OCH3 is 1. The van der Waals surface area contributed by atoms with Crippen LogP contribution in [0, 0.1) is 0 Å². The van der Waals surface area contributed by atoms with Crippen LogP contribution in [0.5, 0.6) is 0 Å². The van der Waals surface area contributed by atoms with E-state index < -0.39 is 0 Å². The van der Waals surface area contributed by atoms with Crippen molar-refractivity contribution in [3.05, 3.63) is 30.5 Å². The van der Waals surface area contributed by atoms with Crippen LogP contribution >= 0.6 is 0 Å². The Labute approximate surface area is 113 Å². The third kappa shape index (κ3) is 3.39. The Hall–Kier alpha value is -1.72. The van der Waals surface area contributed by atoms with Gasteiger partial charge in [-0.25, -0.2) is 0 Å². The van der Waals surface area contributed by atoms with E-state index in [1.807, 2.05) is 24.4 Å². The summed E-state index contributed by atoms with van der Waals surface area (Å²) in [5.74, 6) is 0. The van der Waals surface area contributed by atoms with E-state index in [2.05, 4.69) is 21.2 Å². The smallest absolute Gasteiger partial charge is 0.0950 e. The predicted molar refractivity (Wildman–Crippen MR) is 77.3 cm³/mol. The first-order valence-electron chi connectivity index (χ1n) is 6.51. The molecule has 2 rings (SSSR count). The van der Waals surface area contributed by atoms with Crippen molar-refractivity contribution in [2.24, 2.45) is 5.73 Å². The summed E-state index contributed by atoms with van der Waals surface area (Å²) in [5, 5.41) is 9.35. The van der Waals surface area contributed by atoms with Crippen molar-refractivity contribution in [3.63, 3.8) is 0 Å². The van der Waals surface area contributed by atoms with Crippen LogP contribution in [0.2, 0.25) is 0 Å². The Kier molecular flexibility index (Phi) is 5.06. The second kappa shape index (κ2) is 7.01. The molecule has 2 aromatic rings. The maximum absolute atomic E-state index is 5.61. The second-order valence-electron chi connectivity index (χ2n) is 4.37. The summed E-state index contributed by atoms with van der Waals surface area (Å²) in [7, 11) is 1.71. The number of nitrogens with zero attached hydrogens (tertiary/aromatic N) is 3. The van der Waals surface area contributed by atoms with Gasteiger partial charge < -0.3 is 15.4 Å². The Balaban J connectivity index is 2.31. The number of hydrogen-bond donors (Lipinski definition) is 1. The fourth-order valence-electron chi connectivity index (χ4n) is 2.08. The number of hydrogen-bond acceptors (Lipinski definition) is 5. The lowest BCUT2D eigenvalue weighted by atomic mass is 10.2. The molecule has 0 unspecified atom stereocenters. The van der Waals surface area contributed by atoms with Crippen LogP contribution in [-0.4, -0.2) is 43.5 Å². The van der Waals surface area contributed by atoms with Crippen LogP contribution in [-0.2, 0) is 4.74 Å². The lowest BCUT2D eigenvalue weighted by Crippen LogP contribution is -2.30. The molecule has 5 heteroatoms. The standard InChI is InChI=1S/C14H20N4O/c1-19-10-9-18(8-4-7-15)14-11-16-17-13-6-3-2-5-12(13)14/h2-3,5-6,11H,4,7-10,15H2,1H3. The van der Waals surface area contributed by atoms with E-state index in [0.29, 0.717) is 13.2 Å². The average molecular weight is 260 g/mol. The highest BCUT2D eigenvalue weighted by Gasteiger charge is 2.10. The molecule has 0 fully saturated rings. The van der Waals surface area contributed by atoms with E-state index in [4.69, 9.17) is 10.5 Å². The van der Waals surface area contributed by atoms with Gasteiger partial charge in [0.2, 0.25) is 0 Å². The quantitative estimate of drug-likeness (QED) is 0.816. The molecule has 0 saturated heterocycles. The summed E-state index contributed by atoms with van der Waals surface area (Å²) in [4.78, 5) is 2.26. The molecular formula is C14H20N4O. The van der Waals surface area contributed by atoms with Crippen molar-refractivity contribution >= 4 is 16.6 Å². The number of nitrogens with two attached hydrogens (primary N) is 1. The molecule has 0 spiro atoms. The van der Waals surface area contributed by atoms with Gasteiger partial charge in [-0.1, -0.05) is 18.2 Å². The van der Waals surface area contributed by atoms with Crippen molar-refractivity contribution in [3.8, 4) is 0 Å². The van der Waals surface area contributed by atoms with Gasteiger partial charge in [0.15, 0.2) is 0 Å². The van der Waals surface area contributed by atoms with E-state index in [-0.39, 0.29) is 0 Å². The van der Waals surface area contributed by atoms with E-state index in [9.17, 15) is 0 Å². The third-order valence-corrected chi connectivity index (χ3v) is 3.06. The summed E-state index contributed by atoms with van der Waals surface area (Å²) < 4.78 is 5.18. The lowest BCUT2D eigenvalue weighted by Gasteiger charge is -2.25. The van der Waals surface area contributed by atoms with Crippen molar-refractivity contribution in [2.45, 2.75) is 6.42 Å². The topological polar surface area (TPSA) is 64.3 Å². The van der Waals surface area contributed by atoms with Crippen LogP contribution < -0.4 is 10.6 Å². The molecule has 0 amide bonds. The summed E-state index contributed by atoms with van der Waals surface area (Å²) in [6, 6.07) is 8.04. The fourth-order valence-corrected chi connectivity index (χ4v) is 2.08. The molecule has 0 bridgehead atoms. The van der Waals surface area contributed by atoms with E-state index in [1.165, 1.54) is 0 Å². The SMILES string of the molecule is COCCN(CCCN)c1cnnc2ccccc12. The first-order valence-corrected chi connectivity index (χ1v) is 6.51. The van der Waals surface area contributed by atoms with Crippen molar-refractivity contribution in [1.29, 1.82) is 0 Å². The number of benzene rings is 1. The van der Waals surface area contributed by atoms with Crippen molar-refractivity contribution in [1.82, 2.24) is 10.2 Å². The van der Waals surface area contributed by atoms with Gasteiger partial charge in [0.25, 0.3) is 0 Å². The first-order chi connectivity index (χ1) is 9.36. The van der Waals surface area contributed by atoms with Crippen LogP contribution in [0.3, 0.4) is 0 Å². The minimum absolute atomic E-state index is 0.680. The van der Waals surface area contributed by atoms with Gasteiger partial charge in [-0.2, -0.15) is 10.2 Å². The number of aromatic nitrogens is 2. The molecule has 0 atom stereocenters. The number of fused-ring (bicyclic) bond motifs is 1. The monoisotopic (exact) mass is 260 g/mol. The Bertz CT molecular complexity index is 504. The van der Waals surface area contributed by atoms with Gasteiger partial charge in [0.1, 0.15) is 0 Å². The first kappa shape index (κ1) is 13.7. The summed E-state index contributed by atoms with van der Waals surface area (Å²) >= 11 is 0. The Morgan fingerprint density at radius 3 is 2.89 bits per heavy atom. The Morgan fingerprint density at radius 2 is 2.11 bits per heavy atom. The number of anilines is 1. The van der Waals surface area contributed by atoms with Crippen LogP contribution in [0.4, 0.5) is 5.69 Å². The van der Waals surface area contributed by atoms with Gasteiger partial charge >= 0.3 is 0 Å². The molecule has 2 N–H and O–H groups in total. The summed E-state index contributed by atoms with van der Waals surface area (Å²) in [5.41, 5.74) is 7.62. The summed E-state index contributed by atoms with van der Waals surface area (Å²) in [6.45, 7) is 3.09. The van der Waals surface area contributed by atoms with Crippen molar-refractivity contribution < 1.29 is 4.74 Å². The maximum Gasteiger partial charge on any atom is 0.0950 e. The highest BCUT2D eigenvalue weighted by molar-refractivity contribution is 5.90. The zero-order chi connectivity index (χ0) is 13.5. The molecule has 102 valence electrons. The molecule has 0 aliphatic heterocycles. The van der Waals surface area contributed by atoms with Gasteiger partial charge in [0, 0.05) is 25.6 Å². The molecule has 1 aromatic heterocycles. The van der Waals surface area contributed by atoms with E-state index in [0.717, 1.165) is 36.1 Å². The van der Waals surface area contributed by atoms with Gasteiger partial charge in [-0.05, 0) is 19.0 Å². The molecular weight excluding hydrogens is 240 g/mol. The van der Waals surface area contributed by atoms with Gasteiger partial charge in [-0.3, -0.25) is 0 Å². The third-order valence-electron chi connectivity index (χ3n) is 3.06. The molecule has 19 heavy (non-hydrogen) atoms. The predicted octanol–water partition coefficient (Wildman–Crippen LogP) is 1.43. The average Bonchev–Trinajstić information content (AvgIpc) is 2.47. The zero-order valence-electron chi connectivity index (χ0n) is 11.2. The normalized spacial score (nSPS) is 10.8. The summed E-state index contributed by atoms with van der Waals surface area (Å²) in [6.07, 6.45) is 2.76. The molecule has 0 radical (unpaired) electrons. The number of rotatable bonds is 7.